The zero-order valence-corrected chi connectivity index (χ0v) is 14.3. The van der Waals surface area contributed by atoms with E-state index in [1.54, 1.807) is 0 Å². The third-order valence-corrected chi connectivity index (χ3v) is 3.42. The maximum Gasteiger partial charge on any atom is 0.394 e. The Morgan fingerprint density at radius 1 is 1.29 bits per heavy atom. The van der Waals surface area contributed by atoms with Gasteiger partial charge in [0.15, 0.2) is 0 Å². The standard InChI is InChI=1S/C15H22N2O2.H2O4S/c1-2-19-15(18)14-9-8-13(11-17-14)16-10-12-6-4-3-5-7-12;1-5(2,3)4/h3-7,13-14,16-17H,2,8-11H2,1H3;(H2,1,2,3,4)/t13-,14-;/m1./s1. The minimum atomic E-state index is -4.67. The van der Waals surface area contributed by atoms with Crippen LogP contribution in [0.15, 0.2) is 30.3 Å². The molecule has 1 aliphatic rings. The second-order valence-corrected chi connectivity index (χ2v) is 6.20. The molecule has 24 heavy (non-hydrogen) atoms. The third kappa shape index (κ3) is 9.58. The smallest absolute Gasteiger partial charge is 0.394 e. The van der Waals surface area contributed by atoms with Crippen molar-refractivity contribution in [1.82, 2.24) is 10.6 Å². The molecule has 0 saturated carbocycles. The summed E-state index contributed by atoms with van der Waals surface area (Å²) >= 11 is 0. The number of hydrogen-bond acceptors (Lipinski definition) is 6. The van der Waals surface area contributed by atoms with Gasteiger partial charge in [-0.05, 0) is 25.3 Å². The van der Waals surface area contributed by atoms with Crippen LogP contribution in [0.2, 0.25) is 0 Å². The van der Waals surface area contributed by atoms with E-state index in [1.807, 2.05) is 25.1 Å². The fourth-order valence-electron chi connectivity index (χ4n) is 2.33. The molecule has 2 rings (SSSR count). The second-order valence-electron chi connectivity index (χ2n) is 5.30. The highest BCUT2D eigenvalue weighted by Crippen LogP contribution is 2.10. The Morgan fingerprint density at radius 2 is 1.92 bits per heavy atom. The van der Waals surface area contributed by atoms with Gasteiger partial charge in [0, 0.05) is 19.1 Å². The van der Waals surface area contributed by atoms with Gasteiger partial charge >= 0.3 is 16.4 Å². The number of piperidine rings is 1. The van der Waals surface area contributed by atoms with E-state index in [9.17, 15) is 4.79 Å². The Balaban J connectivity index is 0.000000505. The molecule has 0 spiro atoms. The van der Waals surface area contributed by atoms with Crippen molar-refractivity contribution in [1.29, 1.82) is 0 Å². The number of carbonyl (C=O) groups is 1. The monoisotopic (exact) mass is 360 g/mol. The molecule has 0 aromatic heterocycles. The third-order valence-electron chi connectivity index (χ3n) is 3.42. The summed E-state index contributed by atoms with van der Waals surface area (Å²) in [5.74, 6) is -0.121. The van der Waals surface area contributed by atoms with Crippen molar-refractivity contribution < 1.29 is 27.1 Å². The quantitative estimate of drug-likeness (QED) is 0.449. The first kappa shape index (κ1) is 20.5. The number of hydrogen-bond donors (Lipinski definition) is 4. The van der Waals surface area contributed by atoms with Gasteiger partial charge in [-0.3, -0.25) is 13.9 Å². The molecular weight excluding hydrogens is 336 g/mol. The van der Waals surface area contributed by atoms with Crippen LogP contribution in [0.3, 0.4) is 0 Å². The molecule has 1 heterocycles. The van der Waals surface area contributed by atoms with Crippen LogP contribution in [-0.4, -0.2) is 48.7 Å². The van der Waals surface area contributed by atoms with Gasteiger partial charge in [-0.25, -0.2) is 0 Å². The maximum atomic E-state index is 11.6. The lowest BCUT2D eigenvalue weighted by molar-refractivity contribution is -0.146. The highest BCUT2D eigenvalue weighted by atomic mass is 32.3. The van der Waals surface area contributed by atoms with Gasteiger partial charge in [-0.2, -0.15) is 8.42 Å². The first-order chi connectivity index (χ1) is 11.3. The summed E-state index contributed by atoms with van der Waals surface area (Å²) in [6, 6.07) is 10.6. The van der Waals surface area contributed by atoms with Crippen LogP contribution in [0.5, 0.6) is 0 Å². The molecule has 2 atom stereocenters. The van der Waals surface area contributed by atoms with Crippen LogP contribution in [0.4, 0.5) is 0 Å². The summed E-state index contributed by atoms with van der Waals surface area (Å²) < 4.78 is 36.6. The molecule has 1 aromatic rings. The van der Waals surface area contributed by atoms with Gasteiger partial charge in [0.05, 0.1) is 6.61 Å². The number of nitrogens with one attached hydrogen (secondary N) is 2. The molecule has 0 aliphatic carbocycles. The predicted octanol–water partition coefficient (Wildman–Crippen LogP) is 0.807. The molecule has 1 fully saturated rings. The van der Waals surface area contributed by atoms with Crippen molar-refractivity contribution in [2.45, 2.75) is 38.4 Å². The van der Waals surface area contributed by atoms with Gasteiger partial charge in [0.1, 0.15) is 6.04 Å². The van der Waals surface area contributed by atoms with Crippen LogP contribution in [0.1, 0.15) is 25.3 Å². The Bertz CT molecular complexity index is 577. The van der Waals surface area contributed by atoms with Gasteiger partial charge in [0.2, 0.25) is 0 Å². The lowest BCUT2D eigenvalue weighted by atomic mass is 10.0. The highest BCUT2D eigenvalue weighted by molar-refractivity contribution is 7.79. The van der Waals surface area contributed by atoms with Gasteiger partial charge in [0.25, 0.3) is 0 Å². The second kappa shape index (κ2) is 10.4. The van der Waals surface area contributed by atoms with E-state index in [2.05, 4.69) is 22.8 Å². The van der Waals surface area contributed by atoms with E-state index >= 15 is 0 Å². The Kier molecular flexibility index (Phi) is 8.87. The van der Waals surface area contributed by atoms with Gasteiger partial charge in [-0.1, -0.05) is 30.3 Å². The number of ether oxygens (including phenoxy) is 1. The van der Waals surface area contributed by atoms with E-state index in [0.717, 1.165) is 25.9 Å². The summed E-state index contributed by atoms with van der Waals surface area (Å²) in [5, 5.41) is 6.77. The largest absolute Gasteiger partial charge is 0.465 e. The molecule has 136 valence electrons. The van der Waals surface area contributed by atoms with Crippen molar-refractivity contribution in [3.8, 4) is 0 Å². The zero-order chi connectivity index (χ0) is 18.0. The summed E-state index contributed by atoms with van der Waals surface area (Å²) in [5.41, 5.74) is 1.29. The predicted molar refractivity (Wildman–Crippen MR) is 88.9 cm³/mol. The first-order valence-corrected chi connectivity index (χ1v) is 9.06. The van der Waals surface area contributed by atoms with Crippen LogP contribution in [-0.2, 0) is 26.5 Å². The van der Waals surface area contributed by atoms with Crippen molar-refractivity contribution in [2.24, 2.45) is 0 Å². The molecule has 1 aromatic carbocycles. The van der Waals surface area contributed by atoms with Gasteiger partial charge < -0.3 is 15.4 Å². The fraction of sp³-hybridized carbons (Fsp3) is 0.533. The van der Waals surface area contributed by atoms with E-state index in [1.165, 1.54) is 5.56 Å². The van der Waals surface area contributed by atoms with Crippen molar-refractivity contribution >= 4 is 16.4 Å². The lowest BCUT2D eigenvalue weighted by Gasteiger charge is -2.29. The Labute approximate surface area is 142 Å². The summed E-state index contributed by atoms with van der Waals surface area (Å²) in [6.07, 6.45) is 1.84. The summed E-state index contributed by atoms with van der Waals surface area (Å²) in [6.45, 7) is 3.98. The molecule has 1 aliphatic heterocycles. The van der Waals surface area contributed by atoms with Crippen LogP contribution >= 0.6 is 0 Å². The molecule has 1 saturated heterocycles. The maximum absolute atomic E-state index is 11.6. The minimum Gasteiger partial charge on any atom is -0.465 e. The zero-order valence-electron chi connectivity index (χ0n) is 13.5. The van der Waals surface area contributed by atoms with Crippen LogP contribution in [0.25, 0.3) is 0 Å². The minimum absolute atomic E-state index is 0.121. The average molecular weight is 360 g/mol. The van der Waals surface area contributed by atoms with Crippen molar-refractivity contribution in [3.63, 3.8) is 0 Å². The summed E-state index contributed by atoms with van der Waals surface area (Å²) in [4.78, 5) is 11.6. The van der Waals surface area contributed by atoms with Crippen LogP contribution in [0, 0.1) is 0 Å². The molecule has 4 N–H and O–H groups in total. The first-order valence-electron chi connectivity index (χ1n) is 7.66. The van der Waals surface area contributed by atoms with E-state index in [4.69, 9.17) is 22.3 Å². The van der Waals surface area contributed by atoms with Gasteiger partial charge in [-0.15, -0.1) is 0 Å². The van der Waals surface area contributed by atoms with E-state index in [-0.39, 0.29) is 12.0 Å². The van der Waals surface area contributed by atoms with Crippen molar-refractivity contribution in [3.05, 3.63) is 35.9 Å². The summed E-state index contributed by atoms with van der Waals surface area (Å²) in [7, 11) is -4.67. The number of rotatable bonds is 5. The number of carbonyl (C=O) groups excluding carboxylic acids is 1. The number of esters is 1. The molecule has 0 radical (unpaired) electrons. The van der Waals surface area contributed by atoms with E-state index in [0.29, 0.717) is 12.6 Å². The topological polar surface area (TPSA) is 125 Å². The highest BCUT2D eigenvalue weighted by Gasteiger charge is 2.26. The molecular formula is C15H24N2O6S. The molecule has 0 amide bonds. The average Bonchev–Trinajstić information content (AvgIpc) is 2.53. The molecule has 8 nitrogen and oxygen atoms in total. The molecule has 0 unspecified atom stereocenters. The Hall–Kier alpha value is -1.52. The van der Waals surface area contributed by atoms with Crippen molar-refractivity contribution in [2.75, 3.05) is 13.2 Å². The fourth-order valence-corrected chi connectivity index (χ4v) is 2.33. The SMILES string of the molecule is CCOC(=O)[C@H]1CC[C@@H](NCc2ccccc2)CN1.O=S(=O)(O)O. The number of benzene rings is 1. The van der Waals surface area contributed by atoms with Crippen LogP contribution < -0.4 is 10.6 Å². The van der Waals surface area contributed by atoms with E-state index < -0.39 is 10.4 Å². The normalized spacial score (nSPS) is 20.6. The molecule has 0 bridgehead atoms. The lowest BCUT2D eigenvalue weighted by Crippen LogP contribution is -2.51. The molecule has 9 heteroatoms. The Morgan fingerprint density at radius 3 is 2.42 bits per heavy atom.